The molecule has 0 bridgehead atoms. The molecule has 2 N–H and O–H groups in total. The van der Waals surface area contributed by atoms with Crippen LogP contribution in [0.2, 0.25) is 0 Å². The highest BCUT2D eigenvalue weighted by Gasteiger charge is 2.22. The fourth-order valence-electron chi connectivity index (χ4n) is 3.76. The van der Waals surface area contributed by atoms with E-state index in [1.807, 2.05) is 6.92 Å². The minimum atomic E-state index is -0.935. The molecule has 0 aliphatic carbocycles. The van der Waals surface area contributed by atoms with Crippen molar-refractivity contribution in [3.8, 4) is 11.3 Å². The molecular weight excluding hydrogens is 429 g/mol. The van der Waals surface area contributed by atoms with Gasteiger partial charge in [-0.05, 0) is 38.0 Å². The second-order valence-electron chi connectivity index (χ2n) is 8.27. The molecule has 0 aliphatic heterocycles. The third-order valence-electron chi connectivity index (χ3n) is 5.71. The molecule has 0 unspecified atom stereocenters. The highest BCUT2D eigenvalue weighted by atomic mass is 19.1. The Hall–Kier alpha value is -2.96. The minimum Gasteiger partial charge on any atom is -0.453 e. The summed E-state index contributed by atoms with van der Waals surface area (Å²) in [5, 5.41) is 5.81. The molecule has 7 heteroatoms. The second-order valence-corrected chi connectivity index (χ2v) is 8.27. The van der Waals surface area contributed by atoms with E-state index in [-0.39, 0.29) is 28.0 Å². The van der Waals surface area contributed by atoms with Gasteiger partial charge in [0.15, 0.2) is 22.6 Å². The zero-order valence-corrected chi connectivity index (χ0v) is 19.4. The molecule has 0 fully saturated rings. The molecule has 0 amide bonds. The van der Waals surface area contributed by atoms with Crippen molar-refractivity contribution >= 4 is 22.3 Å². The summed E-state index contributed by atoms with van der Waals surface area (Å²) in [6, 6.07) is 5.56. The molecule has 3 aromatic rings. The lowest BCUT2D eigenvalue weighted by Crippen LogP contribution is -2.12. The third-order valence-corrected chi connectivity index (χ3v) is 5.71. The van der Waals surface area contributed by atoms with E-state index in [0.29, 0.717) is 24.3 Å². The van der Waals surface area contributed by atoms with Gasteiger partial charge in [-0.25, -0.2) is 13.2 Å². The highest BCUT2D eigenvalue weighted by Crippen LogP contribution is 2.33. The highest BCUT2D eigenvalue weighted by molar-refractivity contribution is 5.92. The molecular formula is C26H31F3N2O2. The van der Waals surface area contributed by atoms with Crippen molar-refractivity contribution in [2.45, 2.75) is 59.3 Å². The maximum Gasteiger partial charge on any atom is 0.195 e. The number of unbranched alkanes of at least 4 members (excludes halogenated alkanes) is 4. The monoisotopic (exact) mass is 460 g/mol. The molecule has 1 heterocycles. The molecule has 2 aromatic carbocycles. The Morgan fingerprint density at radius 3 is 2.18 bits per heavy atom. The predicted octanol–water partition coefficient (Wildman–Crippen LogP) is 7.39. The zero-order valence-electron chi connectivity index (χ0n) is 19.4. The number of halogens is 3. The van der Waals surface area contributed by atoms with Crippen LogP contribution in [-0.2, 0) is 0 Å². The smallest absolute Gasteiger partial charge is 0.195 e. The lowest BCUT2D eigenvalue weighted by atomic mass is 10.1. The van der Waals surface area contributed by atoms with Gasteiger partial charge in [-0.2, -0.15) is 0 Å². The fraction of sp³-hybridized carbons (Fsp3) is 0.423. The summed E-state index contributed by atoms with van der Waals surface area (Å²) in [7, 11) is 0. The quantitative estimate of drug-likeness (QED) is 0.293. The van der Waals surface area contributed by atoms with E-state index >= 15 is 0 Å². The first-order valence-corrected chi connectivity index (χ1v) is 11.6. The number of fused-ring (bicyclic) bond motifs is 1. The first-order valence-electron chi connectivity index (χ1n) is 11.6. The average Bonchev–Trinajstić information content (AvgIpc) is 2.80. The van der Waals surface area contributed by atoms with Crippen LogP contribution in [0, 0.1) is 24.4 Å². The van der Waals surface area contributed by atoms with Gasteiger partial charge < -0.3 is 15.1 Å². The minimum absolute atomic E-state index is 0.0192. The molecule has 0 radical (unpaired) electrons. The van der Waals surface area contributed by atoms with Crippen LogP contribution in [0.4, 0.5) is 24.5 Å². The maximum atomic E-state index is 14.9. The van der Waals surface area contributed by atoms with E-state index < -0.39 is 22.9 Å². The van der Waals surface area contributed by atoms with Gasteiger partial charge in [0.05, 0.1) is 16.8 Å². The third kappa shape index (κ3) is 5.52. The Labute approximate surface area is 192 Å². The summed E-state index contributed by atoms with van der Waals surface area (Å²) >= 11 is 0. The lowest BCUT2D eigenvalue weighted by molar-refractivity contribution is 0.536. The summed E-state index contributed by atoms with van der Waals surface area (Å²) in [4.78, 5) is 12.9. The molecule has 0 spiro atoms. The van der Waals surface area contributed by atoms with Crippen molar-refractivity contribution < 1.29 is 17.6 Å². The van der Waals surface area contributed by atoms with Gasteiger partial charge in [-0.1, -0.05) is 39.5 Å². The van der Waals surface area contributed by atoms with Crippen LogP contribution >= 0.6 is 0 Å². The molecule has 3 rings (SSSR count). The first kappa shape index (κ1) is 24.7. The van der Waals surface area contributed by atoms with Gasteiger partial charge in [0.2, 0.25) is 0 Å². The summed E-state index contributed by atoms with van der Waals surface area (Å²) in [6.07, 6.45) is 5.77. The lowest BCUT2D eigenvalue weighted by Gasteiger charge is -2.14. The average molecular weight is 461 g/mol. The normalized spacial score (nSPS) is 11.2. The van der Waals surface area contributed by atoms with E-state index in [9.17, 15) is 18.0 Å². The Bertz CT molecular complexity index is 1170. The van der Waals surface area contributed by atoms with Gasteiger partial charge in [0, 0.05) is 30.3 Å². The first-order chi connectivity index (χ1) is 15.9. The maximum absolute atomic E-state index is 14.9. The number of hydrogen-bond acceptors (Lipinski definition) is 4. The van der Waals surface area contributed by atoms with Crippen LogP contribution < -0.4 is 16.1 Å². The number of hydrogen-bond donors (Lipinski definition) is 2. The standard InChI is InChI=1S/C26H31F3N2O2/c1-4-6-8-12-30-19-11-10-17(14-18(19)27)21-15-20(32)22-25(31-13-9-7-5-2)23(28)16(3)24(29)26(22)33-21/h10-11,14-15,30-31H,4-9,12-13H2,1-3H3. The molecule has 0 saturated heterocycles. The van der Waals surface area contributed by atoms with Gasteiger partial charge >= 0.3 is 0 Å². The van der Waals surface area contributed by atoms with Crippen molar-refractivity contribution in [1.29, 1.82) is 0 Å². The van der Waals surface area contributed by atoms with Crippen molar-refractivity contribution in [3.63, 3.8) is 0 Å². The molecule has 0 aliphatic rings. The van der Waals surface area contributed by atoms with Crippen LogP contribution in [0.15, 0.2) is 33.5 Å². The van der Waals surface area contributed by atoms with E-state index in [1.54, 1.807) is 12.1 Å². The van der Waals surface area contributed by atoms with Crippen LogP contribution in [0.3, 0.4) is 0 Å². The van der Waals surface area contributed by atoms with Gasteiger partial charge in [0.1, 0.15) is 11.6 Å². The van der Waals surface area contributed by atoms with Crippen molar-refractivity contribution in [1.82, 2.24) is 0 Å². The predicted molar refractivity (Wildman–Crippen MR) is 129 cm³/mol. The summed E-state index contributed by atoms with van der Waals surface area (Å²) < 4.78 is 50.0. The van der Waals surface area contributed by atoms with Crippen molar-refractivity contribution in [3.05, 3.63) is 57.5 Å². The summed E-state index contributed by atoms with van der Waals surface area (Å²) in [5.74, 6) is -2.22. The SMILES string of the molecule is CCCCCNc1ccc(-c2cc(=O)c3c(NCCCCC)c(F)c(C)c(F)c3o2)cc1F. The van der Waals surface area contributed by atoms with E-state index in [1.165, 1.54) is 13.0 Å². The molecule has 0 saturated carbocycles. The van der Waals surface area contributed by atoms with E-state index in [2.05, 4.69) is 17.6 Å². The molecule has 178 valence electrons. The van der Waals surface area contributed by atoms with Crippen LogP contribution in [-0.4, -0.2) is 13.1 Å². The van der Waals surface area contributed by atoms with Crippen LogP contribution in [0.25, 0.3) is 22.3 Å². The number of rotatable bonds is 11. The molecule has 0 atom stereocenters. The van der Waals surface area contributed by atoms with Crippen LogP contribution in [0.1, 0.15) is 57.9 Å². The number of nitrogens with one attached hydrogen (secondary N) is 2. The Balaban J connectivity index is 1.99. The summed E-state index contributed by atoms with van der Waals surface area (Å²) in [5.41, 5.74) is -0.581. The van der Waals surface area contributed by atoms with Crippen molar-refractivity contribution in [2.75, 3.05) is 23.7 Å². The fourth-order valence-corrected chi connectivity index (χ4v) is 3.76. The Kier molecular flexibility index (Phi) is 8.42. The number of benzene rings is 2. The Morgan fingerprint density at radius 1 is 0.879 bits per heavy atom. The molecule has 1 aromatic heterocycles. The van der Waals surface area contributed by atoms with E-state index in [4.69, 9.17) is 4.42 Å². The summed E-state index contributed by atoms with van der Waals surface area (Å²) in [6.45, 7) is 6.54. The van der Waals surface area contributed by atoms with Crippen molar-refractivity contribution in [2.24, 2.45) is 0 Å². The zero-order chi connectivity index (χ0) is 24.0. The Morgan fingerprint density at radius 2 is 1.55 bits per heavy atom. The van der Waals surface area contributed by atoms with Crippen LogP contribution in [0.5, 0.6) is 0 Å². The van der Waals surface area contributed by atoms with Gasteiger partial charge in [-0.3, -0.25) is 4.79 Å². The van der Waals surface area contributed by atoms with E-state index in [0.717, 1.165) is 44.6 Å². The molecule has 33 heavy (non-hydrogen) atoms. The number of anilines is 2. The van der Waals surface area contributed by atoms with Gasteiger partial charge in [-0.15, -0.1) is 0 Å². The second kappa shape index (κ2) is 11.3. The largest absolute Gasteiger partial charge is 0.453 e. The topological polar surface area (TPSA) is 54.3 Å². The molecule has 4 nitrogen and oxygen atoms in total. The van der Waals surface area contributed by atoms with Gasteiger partial charge in [0.25, 0.3) is 0 Å².